The molecule has 1 fully saturated rings. The van der Waals surface area contributed by atoms with Crippen LogP contribution in [-0.2, 0) is 16.0 Å². The third-order valence-corrected chi connectivity index (χ3v) is 5.74. The number of hydrogen-bond acceptors (Lipinski definition) is 4. The number of aromatic amines is 1. The fraction of sp³-hybridized carbons (Fsp3) is 0.304. The van der Waals surface area contributed by atoms with Gasteiger partial charge in [-0.05, 0) is 23.8 Å². The van der Waals surface area contributed by atoms with Gasteiger partial charge in [0.05, 0.1) is 6.42 Å². The molecule has 3 heterocycles. The van der Waals surface area contributed by atoms with Crippen LogP contribution in [0.3, 0.4) is 0 Å². The van der Waals surface area contributed by atoms with Crippen molar-refractivity contribution in [3.05, 3.63) is 60.3 Å². The molecule has 1 aromatic heterocycles. The molecular weight excluding hydrogens is 382 g/mol. The summed E-state index contributed by atoms with van der Waals surface area (Å²) in [6.45, 7) is 2.25. The number of carbonyl (C=O) groups excluding carboxylic acids is 2. The number of carbonyl (C=O) groups is 2. The van der Waals surface area contributed by atoms with Crippen molar-refractivity contribution < 1.29 is 19.1 Å². The van der Waals surface area contributed by atoms with Crippen LogP contribution in [0.1, 0.15) is 5.56 Å². The van der Waals surface area contributed by atoms with E-state index in [0.29, 0.717) is 44.1 Å². The van der Waals surface area contributed by atoms with Crippen molar-refractivity contribution in [3.63, 3.8) is 0 Å². The fourth-order valence-electron chi connectivity index (χ4n) is 4.07. The van der Waals surface area contributed by atoms with Crippen LogP contribution in [0.5, 0.6) is 11.5 Å². The monoisotopic (exact) mass is 405 g/mol. The van der Waals surface area contributed by atoms with Crippen molar-refractivity contribution in [2.45, 2.75) is 12.5 Å². The Balaban J connectivity index is 1.17. The lowest BCUT2D eigenvalue weighted by Crippen LogP contribution is -2.55. The highest BCUT2D eigenvalue weighted by Gasteiger charge is 2.33. The molecule has 2 amide bonds. The van der Waals surface area contributed by atoms with Crippen LogP contribution >= 0.6 is 0 Å². The number of piperazine rings is 1. The second kappa shape index (κ2) is 7.74. The number of rotatable bonds is 3. The first kappa shape index (κ1) is 18.5. The minimum atomic E-state index is -0.645. The van der Waals surface area contributed by atoms with E-state index >= 15 is 0 Å². The van der Waals surface area contributed by atoms with Crippen molar-refractivity contribution in [1.29, 1.82) is 0 Å². The molecule has 2 aliphatic heterocycles. The highest BCUT2D eigenvalue weighted by molar-refractivity contribution is 5.89. The van der Waals surface area contributed by atoms with Gasteiger partial charge in [0.15, 0.2) is 11.5 Å². The van der Waals surface area contributed by atoms with Crippen LogP contribution in [0.15, 0.2) is 54.7 Å². The second-order valence-corrected chi connectivity index (χ2v) is 7.61. The Labute approximate surface area is 174 Å². The molecule has 0 radical (unpaired) electrons. The molecule has 5 rings (SSSR count). The van der Waals surface area contributed by atoms with Gasteiger partial charge < -0.3 is 24.3 Å². The Morgan fingerprint density at radius 3 is 2.47 bits per heavy atom. The summed E-state index contributed by atoms with van der Waals surface area (Å²) in [4.78, 5) is 32.5. The largest absolute Gasteiger partial charge is 0.485 e. The minimum Gasteiger partial charge on any atom is -0.485 e. The van der Waals surface area contributed by atoms with Gasteiger partial charge in [0.25, 0.3) is 5.91 Å². The number of H-pyrrole nitrogens is 1. The summed E-state index contributed by atoms with van der Waals surface area (Å²) in [5, 5.41) is 1.08. The topological polar surface area (TPSA) is 74.9 Å². The Kier molecular flexibility index (Phi) is 4.78. The van der Waals surface area contributed by atoms with Crippen molar-refractivity contribution in [1.82, 2.24) is 14.8 Å². The summed E-state index contributed by atoms with van der Waals surface area (Å²) in [5.41, 5.74) is 2.03. The first-order valence-electron chi connectivity index (χ1n) is 10.2. The predicted molar refractivity (Wildman–Crippen MR) is 112 cm³/mol. The van der Waals surface area contributed by atoms with E-state index < -0.39 is 6.10 Å². The van der Waals surface area contributed by atoms with Gasteiger partial charge in [-0.25, -0.2) is 0 Å². The lowest BCUT2D eigenvalue weighted by Gasteiger charge is -2.37. The van der Waals surface area contributed by atoms with E-state index in [-0.39, 0.29) is 18.4 Å². The van der Waals surface area contributed by atoms with E-state index in [4.69, 9.17) is 9.47 Å². The predicted octanol–water partition coefficient (Wildman–Crippen LogP) is 2.22. The third kappa shape index (κ3) is 3.47. The maximum Gasteiger partial charge on any atom is 0.267 e. The van der Waals surface area contributed by atoms with Crippen molar-refractivity contribution >= 4 is 22.7 Å². The van der Waals surface area contributed by atoms with Gasteiger partial charge in [-0.3, -0.25) is 9.59 Å². The van der Waals surface area contributed by atoms with Gasteiger partial charge in [-0.15, -0.1) is 0 Å². The number of nitrogens with zero attached hydrogens (tertiary/aromatic N) is 2. The van der Waals surface area contributed by atoms with Crippen LogP contribution in [0.2, 0.25) is 0 Å². The molecule has 1 atom stereocenters. The van der Waals surface area contributed by atoms with Crippen LogP contribution in [0.25, 0.3) is 10.9 Å². The summed E-state index contributed by atoms with van der Waals surface area (Å²) in [7, 11) is 0. The average molecular weight is 405 g/mol. The van der Waals surface area contributed by atoms with Gasteiger partial charge in [-0.1, -0.05) is 30.3 Å². The molecule has 2 aromatic carbocycles. The molecule has 154 valence electrons. The number of nitrogens with one attached hydrogen (secondary N) is 1. The van der Waals surface area contributed by atoms with Crippen LogP contribution in [0.4, 0.5) is 0 Å². The zero-order valence-corrected chi connectivity index (χ0v) is 16.5. The number of amides is 2. The summed E-state index contributed by atoms with van der Waals surface area (Å²) in [6, 6.07) is 15.3. The van der Waals surface area contributed by atoms with E-state index in [1.807, 2.05) is 53.6 Å². The van der Waals surface area contributed by atoms with Gasteiger partial charge in [-0.2, -0.15) is 0 Å². The molecule has 0 unspecified atom stereocenters. The zero-order chi connectivity index (χ0) is 20.5. The maximum absolute atomic E-state index is 12.9. The molecular formula is C23H23N3O4. The molecule has 1 saturated heterocycles. The lowest BCUT2D eigenvalue weighted by molar-refractivity contribution is -0.146. The number of benzene rings is 2. The molecule has 1 N–H and O–H groups in total. The fourth-order valence-corrected chi connectivity index (χ4v) is 4.07. The van der Waals surface area contributed by atoms with E-state index in [2.05, 4.69) is 4.98 Å². The number of aromatic nitrogens is 1. The summed E-state index contributed by atoms with van der Waals surface area (Å²) in [5.74, 6) is 1.25. The quantitative estimate of drug-likeness (QED) is 0.725. The maximum atomic E-state index is 12.9. The molecule has 3 aromatic rings. The first-order chi connectivity index (χ1) is 14.7. The molecule has 0 bridgehead atoms. The van der Waals surface area contributed by atoms with E-state index in [1.54, 1.807) is 11.0 Å². The molecule has 0 saturated carbocycles. The Hall–Kier alpha value is -3.48. The summed E-state index contributed by atoms with van der Waals surface area (Å²) in [6.07, 6.45) is 1.61. The zero-order valence-electron chi connectivity index (χ0n) is 16.5. The van der Waals surface area contributed by atoms with Gasteiger partial charge in [0.1, 0.15) is 6.61 Å². The highest BCUT2D eigenvalue weighted by atomic mass is 16.6. The molecule has 0 aliphatic carbocycles. The number of fused-ring (bicyclic) bond motifs is 2. The van der Waals surface area contributed by atoms with Gasteiger partial charge >= 0.3 is 0 Å². The highest BCUT2D eigenvalue weighted by Crippen LogP contribution is 2.31. The van der Waals surface area contributed by atoms with Crippen LogP contribution in [0, 0.1) is 0 Å². The number of ether oxygens (including phenoxy) is 2. The smallest absolute Gasteiger partial charge is 0.267 e. The van der Waals surface area contributed by atoms with Crippen molar-refractivity contribution in [2.75, 3.05) is 32.8 Å². The summed E-state index contributed by atoms with van der Waals surface area (Å²) >= 11 is 0. The summed E-state index contributed by atoms with van der Waals surface area (Å²) < 4.78 is 11.5. The SMILES string of the molecule is O=C(Cc1c[nH]c2ccccc12)N1CCN(C(=O)[C@@H]2COc3ccccc3O2)CC1. The molecule has 0 spiro atoms. The van der Waals surface area contributed by atoms with Gasteiger partial charge in [0, 0.05) is 43.3 Å². The van der Waals surface area contributed by atoms with Crippen LogP contribution in [-0.4, -0.2) is 65.5 Å². The van der Waals surface area contributed by atoms with E-state index in [0.717, 1.165) is 16.5 Å². The minimum absolute atomic E-state index is 0.0815. The lowest BCUT2D eigenvalue weighted by atomic mass is 10.1. The number of para-hydroxylation sites is 3. The molecule has 7 nitrogen and oxygen atoms in total. The Morgan fingerprint density at radius 2 is 1.63 bits per heavy atom. The van der Waals surface area contributed by atoms with Gasteiger partial charge in [0.2, 0.25) is 12.0 Å². The molecule has 30 heavy (non-hydrogen) atoms. The molecule has 2 aliphatic rings. The van der Waals surface area contributed by atoms with Crippen molar-refractivity contribution in [2.24, 2.45) is 0 Å². The van der Waals surface area contributed by atoms with Crippen LogP contribution < -0.4 is 9.47 Å². The average Bonchev–Trinajstić information content (AvgIpc) is 3.21. The van der Waals surface area contributed by atoms with Crippen molar-refractivity contribution in [3.8, 4) is 11.5 Å². The Bertz CT molecular complexity index is 1080. The van der Waals surface area contributed by atoms with E-state index in [9.17, 15) is 9.59 Å². The standard InChI is InChI=1S/C23H23N3O4/c27-22(13-16-14-24-18-6-2-1-5-17(16)18)25-9-11-26(12-10-25)23(28)21-15-29-19-7-3-4-8-20(19)30-21/h1-8,14,21,24H,9-13,15H2/t21-/m0/s1. The normalized spacial score (nSPS) is 18.5. The first-order valence-corrected chi connectivity index (χ1v) is 10.2. The molecule has 7 heteroatoms. The third-order valence-electron chi connectivity index (χ3n) is 5.74. The second-order valence-electron chi connectivity index (χ2n) is 7.61. The Morgan fingerprint density at radius 1 is 0.933 bits per heavy atom. The van der Waals surface area contributed by atoms with E-state index in [1.165, 1.54) is 0 Å². The number of hydrogen-bond donors (Lipinski definition) is 1.